The SMILES string of the molecule is NC1CC2CCC(C1)N2C(=O)[C@H](NC(=O)[C@@H](O)c1ccc(OCC2CCCCC2)cc1)C(F)(F)c1ccc(-c2ccc(Cl)cc2)cc1. The maximum atomic E-state index is 16.5. The van der Waals surface area contributed by atoms with Crippen LogP contribution in [0.2, 0.25) is 5.02 Å². The Balaban J connectivity index is 1.21. The van der Waals surface area contributed by atoms with Gasteiger partial charge < -0.3 is 25.8 Å². The van der Waals surface area contributed by atoms with Crippen LogP contribution in [-0.4, -0.2) is 52.6 Å². The van der Waals surface area contributed by atoms with Crippen molar-refractivity contribution in [3.05, 3.63) is 88.9 Å². The van der Waals surface area contributed by atoms with E-state index in [0.29, 0.717) is 54.5 Å². The second-order valence-electron chi connectivity index (χ2n) is 13.3. The second-order valence-corrected chi connectivity index (χ2v) is 13.7. The molecule has 10 heteroatoms. The summed E-state index contributed by atoms with van der Waals surface area (Å²) in [5.74, 6) is -4.63. The molecule has 47 heavy (non-hydrogen) atoms. The fourth-order valence-electron chi connectivity index (χ4n) is 7.42. The van der Waals surface area contributed by atoms with E-state index < -0.39 is 35.4 Å². The lowest BCUT2D eigenvalue weighted by Gasteiger charge is -2.41. The molecule has 1 saturated carbocycles. The number of aliphatic hydroxyl groups is 1. The average Bonchev–Trinajstić information content (AvgIpc) is 3.36. The number of fused-ring (bicyclic) bond motifs is 2. The van der Waals surface area contributed by atoms with Crippen molar-refractivity contribution < 1.29 is 28.2 Å². The lowest BCUT2D eigenvalue weighted by atomic mass is 9.90. The molecule has 2 amide bonds. The summed E-state index contributed by atoms with van der Waals surface area (Å²) in [5.41, 5.74) is 7.45. The zero-order chi connectivity index (χ0) is 33.1. The third-order valence-corrected chi connectivity index (χ3v) is 10.3. The van der Waals surface area contributed by atoms with Crippen molar-refractivity contribution in [3.63, 3.8) is 0 Å². The van der Waals surface area contributed by atoms with E-state index in [2.05, 4.69) is 5.32 Å². The summed E-state index contributed by atoms with van der Waals surface area (Å²) >= 11 is 5.99. The number of ether oxygens (including phenoxy) is 1. The molecule has 2 saturated heterocycles. The number of hydrogen-bond acceptors (Lipinski definition) is 5. The summed E-state index contributed by atoms with van der Waals surface area (Å²) in [6, 6.07) is 16.1. The highest BCUT2D eigenvalue weighted by atomic mass is 35.5. The Bertz CT molecular complexity index is 1520. The predicted molar refractivity (Wildman–Crippen MR) is 177 cm³/mol. The number of benzene rings is 3. The minimum Gasteiger partial charge on any atom is -0.493 e. The Labute approximate surface area is 279 Å². The Hall–Kier alpha value is -3.53. The van der Waals surface area contributed by atoms with Crippen molar-refractivity contribution in [2.45, 2.75) is 94.0 Å². The number of nitrogens with one attached hydrogen (secondary N) is 1. The number of nitrogens with two attached hydrogens (primary N) is 1. The van der Waals surface area contributed by atoms with Crippen molar-refractivity contribution in [2.24, 2.45) is 11.7 Å². The summed E-state index contributed by atoms with van der Waals surface area (Å²) in [6.07, 6.45) is 6.55. The molecule has 3 aromatic rings. The van der Waals surface area contributed by atoms with E-state index in [1.807, 2.05) is 0 Å². The molecular weight excluding hydrogens is 624 g/mol. The molecule has 3 fully saturated rings. The molecule has 2 heterocycles. The van der Waals surface area contributed by atoms with Gasteiger partial charge in [0.2, 0.25) is 0 Å². The van der Waals surface area contributed by atoms with Gasteiger partial charge in [0.05, 0.1) is 6.61 Å². The summed E-state index contributed by atoms with van der Waals surface area (Å²) in [6.45, 7) is 0.603. The van der Waals surface area contributed by atoms with E-state index in [1.165, 1.54) is 48.4 Å². The molecular formula is C37H42ClF2N3O4. The second kappa shape index (κ2) is 14.3. The van der Waals surface area contributed by atoms with Crippen LogP contribution in [0.1, 0.15) is 75.0 Å². The normalized spacial score (nSPS) is 22.8. The number of carbonyl (C=O) groups excluding carboxylic acids is 2. The maximum absolute atomic E-state index is 16.5. The highest BCUT2D eigenvalue weighted by Crippen LogP contribution is 2.40. The molecule has 250 valence electrons. The molecule has 0 aromatic heterocycles. The number of nitrogens with zero attached hydrogens (tertiary/aromatic N) is 1. The van der Waals surface area contributed by atoms with Crippen LogP contribution in [0.25, 0.3) is 11.1 Å². The molecule has 0 radical (unpaired) electrons. The molecule has 2 aliphatic heterocycles. The monoisotopic (exact) mass is 665 g/mol. The predicted octanol–water partition coefficient (Wildman–Crippen LogP) is 6.76. The van der Waals surface area contributed by atoms with Crippen molar-refractivity contribution in [1.29, 1.82) is 0 Å². The third-order valence-electron chi connectivity index (χ3n) is 10.0. The van der Waals surface area contributed by atoms with Gasteiger partial charge in [-0.1, -0.05) is 79.4 Å². The number of alkyl halides is 2. The van der Waals surface area contributed by atoms with E-state index in [4.69, 9.17) is 22.1 Å². The van der Waals surface area contributed by atoms with Gasteiger partial charge >= 0.3 is 5.92 Å². The minimum atomic E-state index is -3.79. The van der Waals surface area contributed by atoms with E-state index in [9.17, 15) is 14.7 Å². The summed E-state index contributed by atoms with van der Waals surface area (Å²) in [7, 11) is 0. The quantitative estimate of drug-likeness (QED) is 0.222. The summed E-state index contributed by atoms with van der Waals surface area (Å²) < 4.78 is 38.9. The highest BCUT2D eigenvalue weighted by molar-refractivity contribution is 6.30. The average molecular weight is 666 g/mol. The lowest BCUT2D eigenvalue weighted by Crippen LogP contribution is -2.61. The Morgan fingerprint density at radius 2 is 1.47 bits per heavy atom. The van der Waals surface area contributed by atoms with Gasteiger partial charge in [-0.15, -0.1) is 0 Å². The van der Waals surface area contributed by atoms with Crippen LogP contribution in [0.4, 0.5) is 8.78 Å². The zero-order valence-corrected chi connectivity index (χ0v) is 27.0. The smallest absolute Gasteiger partial charge is 0.302 e. The molecule has 2 bridgehead atoms. The number of carbonyl (C=O) groups is 2. The van der Waals surface area contributed by atoms with Gasteiger partial charge in [-0.2, -0.15) is 8.78 Å². The molecule has 4 atom stereocenters. The van der Waals surface area contributed by atoms with Gasteiger partial charge in [0.1, 0.15) is 5.75 Å². The van der Waals surface area contributed by atoms with E-state index in [-0.39, 0.29) is 23.7 Å². The molecule has 0 spiro atoms. The highest BCUT2D eigenvalue weighted by Gasteiger charge is 2.53. The Morgan fingerprint density at radius 3 is 2.06 bits per heavy atom. The number of piperidine rings is 1. The third kappa shape index (κ3) is 7.47. The number of amides is 2. The first-order chi connectivity index (χ1) is 22.6. The van der Waals surface area contributed by atoms with Gasteiger partial charge in [-0.25, -0.2) is 0 Å². The number of aliphatic hydroxyl groups excluding tert-OH is 1. The van der Waals surface area contributed by atoms with Crippen molar-refractivity contribution in [2.75, 3.05) is 6.61 Å². The van der Waals surface area contributed by atoms with Gasteiger partial charge in [0.15, 0.2) is 12.1 Å². The molecule has 2 unspecified atom stereocenters. The fraction of sp³-hybridized carbons (Fsp3) is 0.459. The molecule has 1 aliphatic carbocycles. The standard InChI is InChI=1S/C37H42ClF2N3O4/c38-28-14-8-25(9-15-28)24-6-12-27(13-7-24)37(39,40)34(36(46)43-30-16-17-31(43)21-29(41)20-30)42-35(45)33(44)26-10-18-32(19-11-26)47-22-23-4-2-1-3-5-23/h6-15,18-19,23,29-31,33-34,44H,1-5,16-17,20-22,41H2,(H,42,45)/t29?,30?,31?,33-,34-/m0/s1. The van der Waals surface area contributed by atoms with Crippen LogP contribution >= 0.6 is 11.6 Å². The summed E-state index contributed by atoms with van der Waals surface area (Å²) in [4.78, 5) is 28.9. The Kier molecular flexibility index (Phi) is 10.2. The van der Waals surface area contributed by atoms with Crippen molar-refractivity contribution in [3.8, 4) is 16.9 Å². The lowest BCUT2D eigenvalue weighted by molar-refractivity contribution is -0.155. The molecule has 4 N–H and O–H groups in total. The summed E-state index contributed by atoms with van der Waals surface area (Å²) in [5, 5.41) is 13.8. The Morgan fingerprint density at radius 1 is 0.894 bits per heavy atom. The van der Waals surface area contributed by atoms with Gasteiger partial charge in [-0.05, 0) is 85.4 Å². The van der Waals surface area contributed by atoms with E-state index in [1.54, 1.807) is 48.5 Å². The first kappa shape index (κ1) is 33.4. The van der Waals surface area contributed by atoms with Crippen LogP contribution in [0.5, 0.6) is 5.75 Å². The fourth-order valence-corrected chi connectivity index (χ4v) is 7.54. The van der Waals surface area contributed by atoms with Crippen LogP contribution in [-0.2, 0) is 15.5 Å². The first-order valence-electron chi connectivity index (χ1n) is 16.6. The van der Waals surface area contributed by atoms with Crippen LogP contribution in [0.3, 0.4) is 0 Å². The molecule has 6 rings (SSSR count). The van der Waals surface area contributed by atoms with Gasteiger partial charge in [0, 0.05) is 28.7 Å². The number of rotatable bonds is 10. The zero-order valence-electron chi connectivity index (χ0n) is 26.3. The molecule has 3 aliphatic rings. The topological polar surface area (TPSA) is 105 Å². The molecule has 7 nitrogen and oxygen atoms in total. The first-order valence-corrected chi connectivity index (χ1v) is 17.0. The molecule has 3 aromatic carbocycles. The van der Waals surface area contributed by atoms with Crippen LogP contribution < -0.4 is 15.8 Å². The van der Waals surface area contributed by atoms with Crippen LogP contribution in [0.15, 0.2) is 72.8 Å². The number of halogens is 3. The minimum absolute atomic E-state index is 0.109. The largest absolute Gasteiger partial charge is 0.493 e. The van der Waals surface area contributed by atoms with E-state index >= 15 is 8.78 Å². The van der Waals surface area contributed by atoms with Gasteiger partial charge in [-0.3, -0.25) is 9.59 Å². The number of hydrogen-bond donors (Lipinski definition) is 3. The van der Waals surface area contributed by atoms with Crippen LogP contribution in [0, 0.1) is 5.92 Å². The van der Waals surface area contributed by atoms with E-state index in [0.717, 1.165) is 18.4 Å². The maximum Gasteiger partial charge on any atom is 0.302 e. The van der Waals surface area contributed by atoms with Crippen molar-refractivity contribution in [1.82, 2.24) is 10.2 Å². The van der Waals surface area contributed by atoms with Crippen molar-refractivity contribution >= 4 is 23.4 Å². The van der Waals surface area contributed by atoms with Gasteiger partial charge in [0.25, 0.3) is 11.8 Å².